The zero-order valence-corrected chi connectivity index (χ0v) is 17.5. The van der Waals surface area contributed by atoms with Crippen LogP contribution in [0.2, 0.25) is 0 Å². The van der Waals surface area contributed by atoms with Crippen LogP contribution in [0.25, 0.3) is 65.0 Å². The number of benzene rings is 7. The molecule has 0 nitrogen and oxygen atoms in total. The first-order chi connectivity index (χ1) is 15.8. The maximum atomic E-state index is 2.36. The molecule has 0 saturated carbocycles. The first-order valence-corrected chi connectivity index (χ1v) is 11.1. The molecule has 0 heterocycles. The topological polar surface area (TPSA) is 0 Å². The quantitative estimate of drug-likeness (QED) is 0.189. The highest BCUT2D eigenvalue weighted by Gasteiger charge is 2.09. The summed E-state index contributed by atoms with van der Waals surface area (Å²) in [6.45, 7) is 0. The lowest BCUT2D eigenvalue weighted by molar-refractivity contribution is 1.70. The van der Waals surface area contributed by atoms with Crippen LogP contribution < -0.4 is 0 Å². The number of hydrogen-bond acceptors (Lipinski definition) is 0. The van der Waals surface area contributed by atoms with Crippen molar-refractivity contribution < 1.29 is 0 Å². The highest BCUT2D eigenvalue weighted by Crippen LogP contribution is 2.36. The Balaban J connectivity index is 1.49. The number of fused-ring (bicyclic) bond motifs is 7. The van der Waals surface area contributed by atoms with Gasteiger partial charge in [-0.3, -0.25) is 0 Å². The molecule has 0 radical (unpaired) electrons. The van der Waals surface area contributed by atoms with E-state index in [1.807, 2.05) is 0 Å². The maximum Gasteiger partial charge on any atom is -0.00990 e. The lowest BCUT2D eigenvalue weighted by Gasteiger charge is -2.12. The number of hydrogen-bond donors (Lipinski definition) is 0. The minimum Gasteiger partial charge on any atom is -0.0616 e. The van der Waals surface area contributed by atoms with Gasteiger partial charge in [0.1, 0.15) is 0 Å². The van der Waals surface area contributed by atoms with Crippen molar-refractivity contribution in [2.45, 2.75) is 0 Å². The Bertz CT molecular complexity index is 1820. The fourth-order valence-electron chi connectivity index (χ4n) is 5.21. The third kappa shape index (κ3) is 2.57. The van der Waals surface area contributed by atoms with Gasteiger partial charge in [0.05, 0.1) is 0 Å². The molecule has 0 atom stereocenters. The average Bonchev–Trinajstić information content (AvgIpc) is 2.86. The van der Waals surface area contributed by atoms with Crippen molar-refractivity contribution in [2.75, 3.05) is 0 Å². The SMILES string of the molecule is c1cc(-c2ccc3c(ccc4ccccc43)c2)c2cc3ccc4ccccc4c3cc2c1. The van der Waals surface area contributed by atoms with Crippen LogP contribution in [0.4, 0.5) is 0 Å². The molecule has 0 aliphatic carbocycles. The van der Waals surface area contributed by atoms with Crippen molar-refractivity contribution in [3.63, 3.8) is 0 Å². The van der Waals surface area contributed by atoms with Gasteiger partial charge in [0.25, 0.3) is 0 Å². The molecular weight excluding hydrogens is 384 g/mol. The zero-order valence-electron chi connectivity index (χ0n) is 17.5. The van der Waals surface area contributed by atoms with Gasteiger partial charge in [-0.1, -0.05) is 103 Å². The molecule has 32 heavy (non-hydrogen) atoms. The van der Waals surface area contributed by atoms with Crippen LogP contribution >= 0.6 is 0 Å². The van der Waals surface area contributed by atoms with E-state index in [0.717, 1.165) is 0 Å². The monoisotopic (exact) mass is 404 g/mol. The Labute approximate surface area is 186 Å². The molecule has 0 N–H and O–H groups in total. The fourth-order valence-corrected chi connectivity index (χ4v) is 5.21. The normalized spacial score (nSPS) is 11.8. The summed E-state index contributed by atoms with van der Waals surface area (Å²) in [5, 5.41) is 13.0. The van der Waals surface area contributed by atoms with Gasteiger partial charge in [0.2, 0.25) is 0 Å². The minimum absolute atomic E-state index is 1.26. The molecule has 0 unspecified atom stereocenters. The summed E-state index contributed by atoms with van der Waals surface area (Å²) in [6.07, 6.45) is 0. The Hall–Kier alpha value is -4.16. The van der Waals surface area contributed by atoms with Crippen molar-refractivity contribution in [1.82, 2.24) is 0 Å². The average molecular weight is 405 g/mol. The first-order valence-electron chi connectivity index (χ1n) is 11.1. The molecule has 7 aromatic rings. The van der Waals surface area contributed by atoms with Crippen LogP contribution in [0.3, 0.4) is 0 Å². The summed E-state index contributed by atoms with van der Waals surface area (Å²) in [7, 11) is 0. The van der Waals surface area contributed by atoms with Crippen LogP contribution in [-0.4, -0.2) is 0 Å². The minimum atomic E-state index is 1.26. The molecule has 148 valence electrons. The molecule has 0 aliphatic heterocycles. The molecule has 0 amide bonds. The number of rotatable bonds is 1. The largest absolute Gasteiger partial charge is 0.0616 e. The van der Waals surface area contributed by atoms with Gasteiger partial charge in [-0.15, -0.1) is 0 Å². The van der Waals surface area contributed by atoms with Gasteiger partial charge in [0.15, 0.2) is 0 Å². The lowest BCUT2D eigenvalue weighted by atomic mass is 9.92. The molecule has 0 fully saturated rings. The highest BCUT2D eigenvalue weighted by molar-refractivity contribution is 6.15. The third-order valence-corrected chi connectivity index (χ3v) is 6.80. The molecular formula is C32H20. The van der Waals surface area contributed by atoms with Crippen LogP contribution in [0, 0.1) is 0 Å². The summed E-state index contributed by atoms with van der Waals surface area (Å²) in [6, 6.07) is 44.5. The molecule has 0 aliphatic rings. The van der Waals surface area contributed by atoms with E-state index < -0.39 is 0 Å². The van der Waals surface area contributed by atoms with Crippen molar-refractivity contribution in [1.29, 1.82) is 0 Å². The van der Waals surface area contributed by atoms with Gasteiger partial charge < -0.3 is 0 Å². The van der Waals surface area contributed by atoms with Crippen LogP contribution in [0.15, 0.2) is 121 Å². The van der Waals surface area contributed by atoms with Gasteiger partial charge in [-0.2, -0.15) is 0 Å². The van der Waals surface area contributed by atoms with E-state index in [1.165, 1.54) is 65.0 Å². The summed E-state index contributed by atoms with van der Waals surface area (Å²) in [5.41, 5.74) is 2.55. The van der Waals surface area contributed by atoms with Gasteiger partial charge in [-0.05, 0) is 83.2 Å². The Morgan fingerprint density at radius 2 is 0.812 bits per heavy atom. The Morgan fingerprint density at radius 1 is 0.281 bits per heavy atom. The molecule has 7 aromatic carbocycles. The highest BCUT2D eigenvalue weighted by atomic mass is 14.1. The van der Waals surface area contributed by atoms with E-state index in [4.69, 9.17) is 0 Å². The molecule has 0 aromatic heterocycles. The second kappa shape index (κ2) is 6.67. The molecule has 0 spiro atoms. The van der Waals surface area contributed by atoms with Crippen molar-refractivity contribution in [3.05, 3.63) is 121 Å². The van der Waals surface area contributed by atoms with Crippen LogP contribution in [-0.2, 0) is 0 Å². The molecule has 0 heteroatoms. The van der Waals surface area contributed by atoms with Crippen LogP contribution in [0.5, 0.6) is 0 Å². The molecule has 0 bridgehead atoms. The summed E-state index contributed by atoms with van der Waals surface area (Å²) in [5.74, 6) is 0. The fraction of sp³-hybridized carbons (Fsp3) is 0. The second-order valence-electron chi connectivity index (χ2n) is 8.61. The predicted octanol–water partition coefficient (Wildman–Crippen LogP) is 9.12. The Morgan fingerprint density at radius 3 is 1.59 bits per heavy atom. The standard InChI is InChI=1S/C32H20/c1-3-9-27-21(6-1)12-14-24-18-25(16-17-30(24)27)29-11-5-8-23-19-32-26(20-31(23)29)15-13-22-7-2-4-10-28(22)32/h1-20H. The Kier molecular flexibility index (Phi) is 3.65. The van der Waals surface area contributed by atoms with E-state index >= 15 is 0 Å². The first kappa shape index (κ1) is 17.5. The van der Waals surface area contributed by atoms with Gasteiger partial charge in [-0.25, -0.2) is 0 Å². The van der Waals surface area contributed by atoms with E-state index in [2.05, 4.69) is 121 Å². The van der Waals surface area contributed by atoms with Gasteiger partial charge >= 0.3 is 0 Å². The predicted molar refractivity (Wildman–Crippen MR) is 139 cm³/mol. The van der Waals surface area contributed by atoms with Crippen molar-refractivity contribution in [2.24, 2.45) is 0 Å². The third-order valence-electron chi connectivity index (χ3n) is 6.80. The summed E-state index contributed by atoms with van der Waals surface area (Å²) in [4.78, 5) is 0. The summed E-state index contributed by atoms with van der Waals surface area (Å²) < 4.78 is 0. The van der Waals surface area contributed by atoms with E-state index in [-0.39, 0.29) is 0 Å². The zero-order chi connectivity index (χ0) is 21.1. The van der Waals surface area contributed by atoms with Crippen LogP contribution in [0.1, 0.15) is 0 Å². The molecule has 0 saturated heterocycles. The van der Waals surface area contributed by atoms with E-state index in [1.54, 1.807) is 0 Å². The van der Waals surface area contributed by atoms with Gasteiger partial charge in [0, 0.05) is 0 Å². The van der Waals surface area contributed by atoms with E-state index in [0.29, 0.717) is 0 Å². The molecule has 7 rings (SSSR count). The van der Waals surface area contributed by atoms with E-state index in [9.17, 15) is 0 Å². The lowest BCUT2D eigenvalue weighted by Crippen LogP contribution is -1.85. The maximum absolute atomic E-state index is 2.36. The van der Waals surface area contributed by atoms with Crippen molar-refractivity contribution in [3.8, 4) is 11.1 Å². The van der Waals surface area contributed by atoms with Crippen molar-refractivity contribution >= 4 is 53.9 Å². The second-order valence-corrected chi connectivity index (χ2v) is 8.61. The summed E-state index contributed by atoms with van der Waals surface area (Å²) >= 11 is 0. The smallest absolute Gasteiger partial charge is 0.00990 e.